The summed E-state index contributed by atoms with van der Waals surface area (Å²) in [4.78, 5) is 10.8. The van der Waals surface area contributed by atoms with Gasteiger partial charge in [0.2, 0.25) is 0 Å². The molecule has 7 nitrogen and oxygen atoms in total. The first-order valence-electron chi connectivity index (χ1n) is 4.90. The van der Waals surface area contributed by atoms with Gasteiger partial charge in [0.05, 0.1) is 13.2 Å². The van der Waals surface area contributed by atoms with Gasteiger partial charge in [0.15, 0.2) is 0 Å². The monoisotopic (exact) mass is 252 g/mol. The van der Waals surface area contributed by atoms with Crippen molar-refractivity contribution in [3.63, 3.8) is 0 Å². The number of methoxy groups -OCH3 is 1. The van der Waals surface area contributed by atoms with Gasteiger partial charge in [-0.2, -0.15) is 12.7 Å². The summed E-state index contributed by atoms with van der Waals surface area (Å²) in [6, 6.07) is 0. The maximum absolute atomic E-state index is 11.6. The van der Waals surface area contributed by atoms with E-state index in [1.54, 1.807) is 11.6 Å². The van der Waals surface area contributed by atoms with Crippen molar-refractivity contribution in [3.8, 4) is 0 Å². The predicted molar refractivity (Wildman–Crippen MR) is 55.8 cm³/mol. The molecule has 2 atom stereocenters. The topological polar surface area (TPSA) is 95.9 Å². The third kappa shape index (κ3) is 3.06. The van der Waals surface area contributed by atoms with Crippen molar-refractivity contribution in [1.29, 1.82) is 0 Å². The third-order valence-electron chi connectivity index (χ3n) is 2.56. The fourth-order valence-corrected chi connectivity index (χ4v) is 2.72. The largest absolute Gasteiger partial charge is 0.452 e. The summed E-state index contributed by atoms with van der Waals surface area (Å²) in [6.45, 7) is 2.13. The van der Waals surface area contributed by atoms with Crippen LogP contribution < -0.4 is 4.72 Å². The molecule has 1 heterocycles. The van der Waals surface area contributed by atoms with Gasteiger partial charge in [0.1, 0.15) is 0 Å². The van der Waals surface area contributed by atoms with Gasteiger partial charge in [0.25, 0.3) is 0 Å². The van der Waals surface area contributed by atoms with E-state index in [0.29, 0.717) is 6.42 Å². The smallest absolute Gasteiger partial charge is 0.421 e. The molecule has 0 aromatic rings. The van der Waals surface area contributed by atoms with E-state index in [0.717, 1.165) is 11.4 Å². The molecule has 2 unspecified atom stereocenters. The summed E-state index contributed by atoms with van der Waals surface area (Å²) < 4.78 is 30.4. The maximum atomic E-state index is 11.6. The van der Waals surface area contributed by atoms with E-state index in [4.69, 9.17) is 0 Å². The molecule has 94 valence electrons. The Bertz CT molecular complexity index is 355. The highest BCUT2D eigenvalue weighted by Crippen LogP contribution is 2.18. The molecule has 1 amide bonds. The van der Waals surface area contributed by atoms with Crippen LogP contribution in [0.15, 0.2) is 0 Å². The van der Waals surface area contributed by atoms with Gasteiger partial charge in [-0.3, -0.25) is 0 Å². The standard InChI is InChI=1S/C8H16N2O5S/c1-6-5-10(4-3-7(6)11)16(13,14)9-8(12)15-2/h6-7,11H,3-5H2,1-2H3,(H,9,12). The minimum atomic E-state index is -3.85. The van der Waals surface area contributed by atoms with Gasteiger partial charge in [-0.25, -0.2) is 9.52 Å². The van der Waals surface area contributed by atoms with E-state index in [1.165, 1.54) is 0 Å². The average Bonchev–Trinajstić information content (AvgIpc) is 2.21. The zero-order valence-corrected chi connectivity index (χ0v) is 10.0. The molecule has 1 aliphatic heterocycles. The molecule has 1 fully saturated rings. The van der Waals surface area contributed by atoms with Crippen molar-refractivity contribution in [2.24, 2.45) is 5.92 Å². The van der Waals surface area contributed by atoms with E-state index in [1.807, 2.05) is 0 Å². The number of nitrogens with zero attached hydrogens (tertiary/aromatic N) is 1. The number of rotatable bonds is 2. The number of aliphatic hydroxyl groups excluding tert-OH is 1. The highest BCUT2D eigenvalue weighted by molar-refractivity contribution is 7.87. The lowest BCUT2D eigenvalue weighted by atomic mass is 9.99. The fraction of sp³-hybridized carbons (Fsp3) is 0.875. The minimum Gasteiger partial charge on any atom is -0.452 e. The molecule has 16 heavy (non-hydrogen) atoms. The molecular formula is C8H16N2O5S. The second-order valence-electron chi connectivity index (χ2n) is 3.79. The summed E-state index contributed by atoms with van der Waals surface area (Å²) in [7, 11) is -2.76. The molecule has 8 heteroatoms. The number of hydrogen-bond acceptors (Lipinski definition) is 5. The molecule has 0 spiro atoms. The average molecular weight is 252 g/mol. The Kier molecular flexibility index (Phi) is 4.11. The molecule has 0 aromatic carbocycles. The number of hydrogen-bond donors (Lipinski definition) is 2. The highest BCUT2D eigenvalue weighted by Gasteiger charge is 2.32. The van der Waals surface area contributed by atoms with Crippen LogP contribution >= 0.6 is 0 Å². The van der Waals surface area contributed by atoms with E-state index in [-0.39, 0.29) is 19.0 Å². The SMILES string of the molecule is COC(=O)NS(=O)(=O)N1CCC(O)C(C)C1. The second-order valence-corrected chi connectivity index (χ2v) is 5.46. The summed E-state index contributed by atoms with van der Waals surface area (Å²) in [5, 5.41) is 9.46. The lowest BCUT2D eigenvalue weighted by molar-refractivity contribution is 0.0624. The van der Waals surface area contributed by atoms with Gasteiger partial charge in [0, 0.05) is 13.1 Å². The van der Waals surface area contributed by atoms with Crippen molar-refractivity contribution in [2.45, 2.75) is 19.4 Å². The number of piperidine rings is 1. The molecule has 0 aromatic heterocycles. The second kappa shape index (κ2) is 4.98. The molecule has 0 radical (unpaired) electrons. The number of ether oxygens (including phenoxy) is 1. The van der Waals surface area contributed by atoms with E-state index < -0.39 is 22.4 Å². The number of aliphatic hydroxyl groups is 1. The number of carbonyl (C=O) groups excluding carboxylic acids is 1. The summed E-state index contributed by atoms with van der Waals surface area (Å²) in [5.41, 5.74) is 0. The Labute approximate surface area is 94.6 Å². The Morgan fingerprint density at radius 1 is 1.56 bits per heavy atom. The van der Waals surface area contributed by atoms with Crippen molar-refractivity contribution >= 4 is 16.3 Å². The van der Waals surface area contributed by atoms with Crippen molar-refractivity contribution < 1.29 is 23.1 Å². The fourth-order valence-electron chi connectivity index (χ4n) is 1.52. The van der Waals surface area contributed by atoms with Gasteiger partial charge in [-0.15, -0.1) is 0 Å². The molecular weight excluding hydrogens is 236 g/mol. The van der Waals surface area contributed by atoms with Crippen molar-refractivity contribution in [3.05, 3.63) is 0 Å². The van der Waals surface area contributed by atoms with Crippen LogP contribution in [0, 0.1) is 5.92 Å². The van der Waals surface area contributed by atoms with Gasteiger partial charge in [-0.1, -0.05) is 6.92 Å². The first-order chi connectivity index (χ1) is 7.36. The molecule has 0 aliphatic carbocycles. The van der Waals surface area contributed by atoms with Crippen LogP contribution in [0.2, 0.25) is 0 Å². The highest BCUT2D eigenvalue weighted by atomic mass is 32.2. The van der Waals surface area contributed by atoms with Crippen molar-refractivity contribution in [1.82, 2.24) is 9.03 Å². The number of carbonyl (C=O) groups is 1. The predicted octanol–water partition coefficient (Wildman–Crippen LogP) is -0.710. The zero-order chi connectivity index (χ0) is 12.3. The van der Waals surface area contributed by atoms with Gasteiger partial charge >= 0.3 is 16.3 Å². The van der Waals surface area contributed by atoms with Crippen LogP contribution in [0.4, 0.5) is 4.79 Å². The van der Waals surface area contributed by atoms with Crippen LogP contribution in [0.1, 0.15) is 13.3 Å². The van der Waals surface area contributed by atoms with E-state index in [2.05, 4.69) is 4.74 Å². The normalized spacial score (nSPS) is 27.4. The summed E-state index contributed by atoms with van der Waals surface area (Å²) >= 11 is 0. The van der Waals surface area contributed by atoms with Crippen LogP contribution in [0.3, 0.4) is 0 Å². The molecule has 0 saturated carbocycles. The third-order valence-corrected chi connectivity index (χ3v) is 4.00. The first kappa shape index (κ1) is 13.2. The zero-order valence-electron chi connectivity index (χ0n) is 9.21. The molecule has 1 saturated heterocycles. The summed E-state index contributed by atoms with van der Waals surface area (Å²) in [5.74, 6) is -0.150. The molecule has 2 N–H and O–H groups in total. The lowest BCUT2D eigenvalue weighted by Gasteiger charge is -2.32. The Morgan fingerprint density at radius 3 is 2.69 bits per heavy atom. The van der Waals surface area contributed by atoms with Crippen LogP contribution in [-0.4, -0.2) is 50.2 Å². The first-order valence-corrected chi connectivity index (χ1v) is 6.34. The Morgan fingerprint density at radius 2 is 2.19 bits per heavy atom. The number of nitrogens with one attached hydrogen (secondary N) is 1. The number of amides is 1. The minimum absolute atomic E-state index is 0.150. The van der Waals surface area contributed by atoms with E-state index in [9.17, 15) is 18.3 Å². The van der Waals surface area contributed by atoms with Gasteiger partial charge in [-0.05, 0) is 12.3 Å². The van der Waals surface area contributed by atoms with Crippen molar-refractivity contribution in [2.75, 3.05) is 20.2 Å². The van der Waals surface area contributed by atoms with Crippen LogP contribution in [0.25, 0.3) is 0 Å². The summed E-state index contributed by atoms with van der Waals surface area (Å²) in [6.07, 6.45) is -1.15. The van der Waals surface area contributed by atoms with Gasteiger partial charge < -0.3 is 9.84 Å². The molecule has 1 rings (SSSR count). The Balaban J connectivity index is 2.67. The molecule has 0 bridgehead atoms. The lowest BCUT2D eigenvalue weighted by Crippen LogP contribution is -2.50. The quantitative estimate of drug-likeness (QED) is 0.677. The van der Waals surface area contributed by atoms with Crippen LogP contribution in [0.5, 0.6) is 0 Å². The Hall–Kier alpha value is -0.860. The maximum Gasteiger partial charge on any atom is 0.421 e. The van der Waals surface area contributed by atoms with Crippen LogP contribution in [-0.2, 0) is 14.9 Å². The molecule has 1 aliphatic rings. The van der Waals surface area contributed by atoms with E-state index >= 15 is 0 Å².